The number of rotatable bonds is 6. The van der Waals surface area contributed by atoms with Gasteiger partial charge >= 0.3 is 0 Å². The third-order valence-corrected chi connectivity index (χ3v) is 6.35. The van der Waals surface area contributed by atoms with Gasteiger partial charge in [0.05, 0.1) is 16.9 Å². The number of halogens is 1. The Morgan fingerprint density at radius 1 is 1.07 bits per heavy atom. The number of benzene rings is 2. The maximum atomic E-state index is 12.6. The van der Waals surface area contributed by atoms with Crippen molar-refractivity contribution in [2.24, 2.45) is 0 Å². The number of nitrogens with one attached hydrogen (secondary N) is 1. The van der Waals surface area contributed by atoms with Crippen LogP contribution in [0.2, 0.25) is 5.02 Å². The van der Waals surface area contributed by atoms with Crippen LogP contribution in [0.1, 0.15) is 11.1 Å². The van der Waals surface area contributed by atoms with Crippen LogP contribution in [-0.4, -0.2) is 24.5 Å². The molecule has 0 spiro atoms. The van der Waals surface area contributed by atoms with Gasteiger partial charge in [-0.25, -0.2) is 18.1 Å². The van der Waals surface area contributed by atoms with Crippen molar-refractivity contribution in [3.8, 4) is 11.3 Å². The van der Waals surface area contributed by atoms with Gasteiger partial charge < -0.3 is 0 Å². The molecule has 6 nitrogen and oxygen atoms in total. The first-order valence-electron chi connectivity index (χ1n) is 8.66. The maximum absolute atomic E-state index is 12.6. The molecule has 0 aliphatic rings. The predicted molar refractivity (Wildman–Crippen MR) is 110 cm³/mol. The lowest BCUT2D eigenvalue weighted by molar-refractivity contribution is 0.568. The number of nitrogens with zero attached hydrogens (tertiary/aromatic N) is 2. The Balaban J connectivity index is 1.71. The van der Waals surface area contributed by atoms with Crippen LogP contribution < -0.4 is 10.3 Å². The molecule has 0 radical (unpaired) electrons. The standard InChI is InChI=1S/C20H20ClN3O3S/c1-14-11-19(15(2)10-17(14)21)28(26,27)23-8-9-24-13-22-18(12-20(24)25)16-6-4-3-5-7-16/h3-7,10-13,23H,8-9H2,1-2H3. The van der Waals surface area contributed by atoms with Crippen molar-refractivity contribution in [3.63, 3.8) is 0 Å². The van der Waals surface area contributed by atoms with Gasteiger partial charge in [0.25, 0.3) is 5.56 Å². The minimum atomic E-state index is -3.71. The van der Waals surface area contributed by atoms with Crippen molar-refractivity contribution in [1.29, 1.82) is 0 Å². The van der Waals surface area contributed by atoms with E-state index in [1.165, 1.54) is 17.0 Å². The topological polar surface area (TPSA) is 81.1 Å². The van der Waals surface area contributed by atoms with Gasteiger partial charge in [-0.3, -0.25) is 9.36 Å². The summed E-state index contributed by atoms with van der Waals surface area (Å²) in [6.45, 7) is 3.68. The molecule has 0 saturated carbocycles. The van der Waals surface area contributed by atoms with E-state index >= 15 is 0 Å². The minimum absolute atomic E-state index is 0.0652. The lowest BCUT2D eigenvalue weighted by Gasteiger charge is -2.12. The molecule has 3 rings (SSSR count). The molecule has 2 aromatic carbocycles. The van der Waals surface area contributed by atoms with E-state index in [-0.39, 0.29) is 23.5 Å². The first-order valence-corrected chi connectivity index (χ1v) is 10.5. The van der Waals surface area contributed by atoms with Crippen LogP contribution in [0.5, 0.6) is 0 Å². The van der Waals surface area contributed by atoms with Crippen molar-refractivity contribution in [2.75, 3.05) is 6.54 Å². The molecular weight excluding hydrogens is 398 g/mol. The molecule has 0 amide bonds. The van der Waals surface area contributed by atoms with Crippen LogP contribution in [0.3, 0.4) is 0 Å². The third kappa shape index (κ3) is 4.49. The van der Waals surface area contributed by atoms with Gasteiger partial charge in [0.15, 0.2) is 0 Å². The highest BCUT2D eigenvalue weighted by atomic mass is 35.5. The number of aryl methyl sites for hydroxylation is 2. The summed E-state index contributed by atoms with van der Waals surface area (Å²) in [7, 11) is -3.71. The Bertz CT molecular complexity index is 1160. The monoisotopic (exact) mass is 417 g/mol. The van der Waals surface area contributed by atoms with Gasteiger partial charge in [-0.15, -0.1) is 0 Å². The van der Waals surface area contributed by atoms with E-state index in [4.69, 9.17) is 11.6 Å². The molecule has 0 aliphatic carbocycles. The first-order chi connectivity index (χ1) is 13.3. The van der Waals surface area contributed by atoms with Crippen molar-refractivity contribution < 1.29 is 8.42 Å². The number of aromatic nitrogens is 2. The summed E-state index contributed by atoms with van der Waals surface area (Å²) in [5.41, 5.74) is 2.43. The van der Waals surface area contributed by atoms with Crippen molar-refractivity contribution in [2.45, 2.75) is 25.3 Å². The fraction of sp³-hybridized carbons (Fsp3) is 0.200. The Hall–Kier alpha value is -2.48. The average molecular weight is 418 g/mol. The van der Waals surface area contributed by atoms with Gasteiger partial charge in [0.1, 0.15) is 0 Å². The van der Waals surface area contributed by atoms with Crippen molar-refractivity contribution in [1.82, 2.24) is 14.3 Å². The fourth-order valence-corrected chi connectivity index (χ4v) is 4.33. The van der Waals surface area contributed by atoms with E-state index < -0.39 is 10.0 Å². The number of hydrogen-bond donors (Lipinski definition) is 1. The van der Waals surface area contributed by atoms with Gasteiger partial charge in [-0.05, 0) is 37.1 Å². The highest BCUT2D eigenvalue weighted by molar-refractivity contribution is 7.89. The molecule has 1 aromatic heterocycles. The summed E-state index contributed by atoms with van der Waals surface area (Å²) in [5, 5.41) is 0.521. The van der Waals surface area contributed by atoms with Crippen LogP contribution in [0.15, 0.2) is 64.5 Å². The van der Waals surface area contributed by atoms with Crippen molar-refractivity contribution >= 4 is 21.6 Å². The van der Waals surface area contributed by atoms with E-state index in [2.05, 4.69) is 9.71 Å². The zero-order valence-electron chi connectivity index (χ0n) is 15.5. The predicted octanol–water partition coefficient (Wildman–Crippen LogP) is 3.16. The maximum Gasteiger partial charge on any atom is 0.253 e. The SMILES string of the molecule is Cc1cc(S(=O)(=O)NCCn2cnc(-c3ccccc3)cc2=O)c(C)cc1Cl. The van der Waals surface area contributed by atoms with E-state index in [1.54, 1.807) is 26.0 Å². The lowest BCUT2D eigenvalue weighted by Crippen LogP contribution is -2.31. The summed E-state index contributed by atoms with van der Waals surface area (Å²) in [5.74, 6) is 0. The van der Waals surface area contributed by atoms with Gasteiger partial charge in [0, 0.05) is 29.7 Å². The van der Waals surface area contributed by atoms with Crippen molar-refractivity contribution in [3.05, 3.63) is 81.4 Å². The van der Waals surface area contributed by atoms with Crippen LogP contribution in [-0.2, 0) is 16.6 Å². The average Bonchev–Trinajstić information content (AvgIpc) is 2.66. The number of sulfonamides is 1. The van der Waals surface area contributed by atoms with Gasteiger partial charge in [0.2, 0.25) is 10.0 Å². The largest absolute Gasteiger partial charge is 0.298 e. The molecule has 0 atom stereocenters. The summed E-state index contributed by atoms with van der Waals surface area (Å²) in [6, 6.07) is 14.0. The zero-order valence-corrected chi connectivity index (χ0v) is 17.1. The summed E-state index contributed by atoms with van der Waals surface area (Å²) < 4.78 is 29.0. The Morgan fingerprint density at radius 3 is 2.46 bits per heavy atom. The summed E-state index contributed by atoms with van der Waals surface area (Å²) in [6.07, 6.45) is 1.43. The third-order valence-electron chi connectivity index (χ3n) is 4.34. The molecule has 0 bridgehead atoms. The first kappa shape index (κ1) is 20.3. The Kier molecular flexibility index (Phi) is 5.98. The highest BCUT2D eigenvalue weighted by Crippen LogP contribution is 2.23. The molecule has 3 aromatic rings. The van der Waals surface area contributed by atoms with Crippen LogP contribution in [0, 0.1) is 13.8 Å². The minimum Gasteiger partial charge on any atom is -0.298 e. The van der Waals surface area contributed by atoms with E-state index in [0.29, 0.717) is 21.8 Å². The molecule has 1 N–H and O–H groups in total. The van der Waals surface area contributed by atoms with E-state index in [0.717, 1.165) is 5.56 Å². The molecule has 0 unspecified atom stereocenters. The normalized spacial score (nSPS) is 11.5. The smallest absolute Gasteiger partial charge is 0.253 e. The molecule has 0 aliphatic heterocycles. The number of hydrogen-bond acceptors (Lipinski definition) is 4. The quantitative estimate of drug-likeness (QED) is 0.668. The molecule has 146 valence electrons. The van der Waals surface area contributed by atoms with E-state index in [1.807, 2.05) is 30.3 Å². The molecule has 1 heterocycles. The summed E-state index contributed by atoms with van der Waals surface area (Å²) >= 11 is 6.03. The van der Waals surface area contributed by atoms with Gasteiger partial charge in [-0.1, -0.05) is 41.9 Å². The summed E-state index contributed by atoms with van der Waals surface area (Å²) in [4.78, 5) is 16.8. The molecular formula is C20H20ClN3O3S. The Morgan fingerprint density at radius 2 is 1.79 bits per heavy atom. The Labute approximate surface area is 168 Å². The van der Waals surface area contributed by atoms with E-state index in [9.17, 15) is 13.2 Å². The second-order valence-corrected chi connectivity index (χ2v) is 8.58. The molecule has 0 fully saturated rings. The van der Waals surface area contributed by atoms with Gasteiger partial charge in [-0.2, -0.15) is 0 Å². The second kappa shape index (κ2) is 8.26. The molecule has 8 heteroatoms. The van der Waals surface area contributed by atoms with Crippen LogP contribution >= 0.6 is 11.6 Å². The van der Waals surface area contributed by atoms with Crippen LogP contribution in [0.25, 0.3) is 11.3 Å². The second-order valence-electron chi connectivity index (χ2n) is 6.44. The molecule has 0 saturated heterocycles. The fourth-order valence-electron chi connectivity index (χ4n) is 2.78. The highest BCUT2D eigenvalue weighted by Gasteiger charge is 2.17. The zero-order chi connectivity index (χ0) is 20.3. The van der Waals surface area contributed by atoms with Crippen LogP contribution in [0.4, 0.5) is 0 Å². The molecule has 28 heavy (non-hydrogen) atoms. The lowest BCUT2D eigenvalue weighted by atomic mass is 10.1.